The highest BCUT2D eigenvalue weighted by Crippen LogP contribution is 2.51. The van der Waals surface area contributed by atoms with Crippen LogP contribution in [-0.2, 0) is 4.74 Å². The molecule has 4 heteroatoms. The molecule has 3 unspecified atom stereocenters. The van der Waals surface area contributed by atoms with Crippen molar-refractivity contribution in [1.29, 1.82) is 0 Å². The van der Waals surface area contributed by atoms with Crippen molar-refractivity contribution in [2.45, 2.75) is 31.7 Å². The van der Waals surface area contributed by atoms with Gasteiger partial charge in [-0.3, -0.25) is 0 Å². The lowest BCUT2D eigenvalue weighted by molar-refractivity contribution is 0.0505. The van der Waals surface area contributed by atoms with E-state index < -0.39 is 0 Å². The van der Waals surface area contributed by atoms with Crippen LogP contribution in [0.2, 0.25) is 0 Å². The number of esters is 1. The van der Waals surface area contributed by atoms with E-state index in [0.717, 1.165) is 29.7 Å². The number of hydrogen-bond donors (Lipinski definition) is 2. The van der Waals surface area contributed by atoms with Crippen molar-refractivity contribution in [3.63, 3.8) is 0 Å². The summed E-state index contributed by atoms with van der Waals surface area (Å²) in [5, 5.41) is 13.9. The van der Waals surface area contributed by atoms with Gasteiger partial charge in [0.15, 0.2) is 0 Å². The lowest BCUT2D eigenvalue weighted by Gasteiger charge is -2.37. The Morgan fingerprint density at radius 3 is 2.88 bits per heavy atom. The molecule has 0 saturated heterocycles. The molecule has 0 radical (unpaired) electrons. The molecule has 0 aromatic heterocycles. The van der Waals surface area contributed by atoms with Gasteiger partial charge < -0.3 is 15.2 Å². The Balaban J connectivity index is 1.69. The molecule has 1 heterocycles. The fourth-order valence-electron chi connectivity index (χ4n) is 4.06. The highest BCUT2D eigenvalue weighted by atomic mass is 16.5. The van der Waals surface area contributed by atoms with E-state index in [9.17, 15) is 9.90 Å². The van der Waals surface area contributed by atoms with Crippen LogP contribution in [0.15, 0.2) is 54.6 Å². The lowest BCUT2D eigenvalue weighted by Crippen LogP contribution is -2.29. The Labute approximate surface area is 153 Å². The molecule has 134 valence electrons. The van der Waals surface area contributed by atoms with Crippen LogP contribution in [0.25, 0.3) is 0 Å². The van der Waals surface area contributed by atoms with E-state index >= 15 is 0 Å². The Morgan fingerprint density at radius 1 is 1.23 bits per heavy atom. The first kappa shape index (κ1) is 16.7. The van der Waals surface area contributed by atoms with Crippen LogP contribution in [0.4, 0.5) is 5.69 Å². The van der Waals surface area contributed by atoms with Gasteiger partial charge in [-0.1, -0.05) is 37.3 Å². The number of aromatic hydroxyl groups is 1. The minimum atomic E-state index is -0.268. The number of carbonyl (C=O) groups excluding carboxylic acids is 1. The monoisotopic (exact) mass is 349 g/mol. The Morgan fingerprint density at radius 2 is 2.08 bits per heavy atom. The number of phenolic OH excluding ortho intramolecular Hbond substituents is 1. The van der Waals surface area contributed by atoms with Gasteiger partial charge in [-0.2, -0.15) is 0 Å². The van der Waals surface area contributed by atoms with Crippen LogP contribution in [0.3, 0.4) is 0 Å². The van der Waals surface area contributed by atoms with E-state index in [-0.39, 0.29) is 17.9 Å². The van der Waals surface area contributed by atoms with Crippen molar-refractivity contribution in [2.75, 3.05) is 11.9 Å². The first-order valence-electron chi connectivity index (χ1n) is 9.21. The highest BCUT2D eigenvalue weighted by Gasteiger charge is 2.39. The van der Waals surface area contributed by atoms with Crippen LogP contribution >= 0.6 is 0 Å². The molecule has 2 aromatic rings. The van der Waals surface area contributed by atoms with Crippen LogP contribution in [0, 0.1) is 5.92 Å². The number of carbonyl (C=O) groups is 1. The Bertz CT molecular complexity index is 858. The van der Waals surface area contributed by atoms with Crippen molar-refractivity contribution in [3.8, 4) is 5.75 Å². The van der Waals surface area contributed by atoms with Gasteiger partial charge in [0, 0.05) is 17.2 Å². The predicted molar refractivity (Wildman–Crippen MR) is 101 cm³/mol. The zero-order valence-corrected chi connectivity index (χ0v) is 14.8. The number of allylic oxidation sites excluding steroid dienone is 2. The molecule has 3 atom stereocenters. The van der Waals surface area contributed by atoms with Crippen molar-refractivity contribution in [2.24, 2.45) is 5.92 Å². The molecule has 1 aliphatic carbocycles. The zero-order chi connectivity index (χ0) is 18.1. The second-order valence-electron chi connectivity index (χ2n) is 6.97. The normalized spacial score (nSPS) is 23.0. The van der Waals surface area contributed by atoms with Crippen molar-refractivity contribution < 1.29 is 14.6 Å². The Hall–Kier alpha value is -2.75. The van der Waals surface area contributed by atoms with Crippen LogP contribution < -0.4 is 5.32 Å². The van der Waals surface area contributed by atoms with Gasteiger partial charge in [-0.15, -0.1) is 0 Å². The second kappa shape index (κ2) is 6.87. The maximum Gasteiger partial charge on any atom is 0.338 e. The number of hydrogen-bond acceptors (Lipinski definition) is 4. The number of para-hydroxylation sites is 1. The van der Waals surface area contributed by atoms with Gasteiger partial charge >= 0.3 is 5.97 Å². The van der Waals surface area contributed by atoms with E-state index in [2.05, 4.69) is 17.5 Å². The van der Waals surface area contributed by atoms with Gasteiger partial charge in [-0.25, -0.2) is 4.79 Å². The average molecular weight is 349 g/mol. The number of benzene rings is 2. The molecule has 4 nitrogen and oxygen atoms in total. The van der Waals surface area contributed by atoms with E-state index in [1.165, 1.54) is 0 Å². The minimum Gasteiger partial charge on any atom is -0.508 e. The predicted octanol–water partition coefficient (Wildman–Crippen LogP) is 4.79. The quantitative estimate of drug-likeness (QED) is 0.616. The molecule has 2 aromatic carbocycles. The highest BCUT2D eigenvalue weighted by molar-refractivity contribution is 5.90. The third-order valence-electron chi connectivity index (χ3n) is 5.31. The molecular weight excluding hydrogens is 326 g/mol. The first-order chi connectivity index (χ1) is 12.7. The summed E-state index contributed by atoms with van der Waals surface area (Å²) in [6.07, 6.45) is 6.17. The number of nitrogens with one attached hydrogen (secondary N) is 1. The van der Waals surface area contributed by atoms with Gasteiger partial charge in [0.1, 0.15) is 5.75 Å². The van der Waals surface area contributed by atoms with Crippen molar-refractivity contribution >= 4 is 11.7 Å². The van der Waals surface area contributed by atoms with Gasteiger partial charge in [-0.05, 0) is 48.6 Å². The molecule has 0 saturated carbocycles. The van der Waals surface area contributed by atoms with Crippen molar-refractivity contribution in [1.82, 2.24) is 0 Å². The number of anilines is 1. The molecule has 0 amide bonds. The van der Waals surface area contributed by atoms with Gasteiger partial charge in [0.2, 0.25) is 0 Å². The van der Waals surface area contributed by atoms with E-state index in [4.69, 9.17) is 4.74 Å². The fourth-order valence-corrected chi connectivity index (χ4v) is 4.06. The van der Waals surface area contributed by atoms with Gasteiger partial charge in [0.05, 0.1) is 18.2 Å². The van der Waals surface area contributed by atoms with E-state index in [0.29, 0.717) is 23.8 Å². The topological polar surface area (TPSA) is 58.6 Å². The third-order valence-corrected chi connectivity index (χ3v) is 5.31. The summed E-state index contributed by atoms with van der Waals surface area (Å²) in [5.41, 5.74) is 3.65. The lowest BCUT2D eigenvalue weighted by atomic mass is 9.76. The summed E-state index contributed by atoms with van der Waals surface area (Å²) in [6.45, 7) is 2.42. The summed E-state index contributed by atoms with van der Waals surface area (Å²) in [4.78, 5) is 12.2. The van der Waals surface area contributed by atoms with Gasteiger partial charge in [0.25, 0.3) is 0 Å². The summed E-state index contributed by atoms with van der Waals surface area (Å²) in [6, 6.07) is 13.3. The van der Waals surface area contributed by atoms with E-state index in [1.54, 1.807) is 6.07 Å². The molecule has 1 aliphatic heterocycles. The molecular formula is C22H23NO3. The third kappa shape index (κ3) is 2.85. The Kier molecular flexibility index (Phi) is 4.41. The van der Waals surface area contributed by atoms with E-state index in [1.807, 2.05) is 43.3 Å². The average Bonchev–Trinajstić information content (AvgIpc) is 3.16. The molecule has 26 heavy (non-hydrogen) atoms. The molecule has 0 bridgehead atoms. The van der Waals surface area contributed by atoms with Crippen molar-refractivity contribution in [3.05, 3.63) is 71.3 Å². The number of rotatable bonds is 4. The van der Waals surface area contributed by atoms with Crippen LogP contribution in [0.1, 0.15) is 53.2 Å². The van der Waals surface area contributed by atoms with Crippen LogP contribution in [0.5, 0.6) is 5.75 Å². The minimum absolute atomic E-state index is 0.0431. The number of fused-ring (bicyclic) bond motifs is 3. The number of phenols is 1. The van der Waals surface area contributed by atoms with Crippen LogP contribution in [-0.4, -0.2) is 17.7 Å². The first-order valence-corrected chi connectivity index (χ1v) is 9.21. The molecule has 0 spiro atoms. The maximum atomic E-state index is 12.2. The molecule has 2 N–H and O–H groups in total. The molecule has 2 aliphatic rings. The SMILES string of the molecule is CCCOC(=O)c1ccc2c(c1)C1C=CCC1C(c1ccccc1O)N2. The standard InChI is InChI=1S/C22H23NO3/c1-2-12-26-22(25)14-10-11-19-18(13-14)15-7-5-8-16(15)21(23-19)17-6-3-4-9-20(17)24/h3-7,9-11,13,15-16,21,23-24H,2,8,12H2,1H3. The second-order valence-corrected chi connectivity index (χ2v) is 6.97. The maximum absolute atomic E-state index is 12.2. The summed E-state index contributed by atoms with van der Waals surface area (Å²) < 4.78 is 5.28. The zero-order valence-electron chi connectivity index (χ0n) is 14.8. The summed E-state index contributed by atoms with van der Waals surface area (Å²) in [5.74, 6) is 0.599. The number of ether oxygens (including phenoxy) is 1. The smallest absolute Gasteiger partial charge is 0.338 e. The fraction of sp³-hybridized carbons (Fsp3) is 0.318. The molecule has 4 rings (SSSR count). The molecule has 0 fully saturated rings. The largest absolute Gasteiger partial charge is 0.508 e. The summed E-state index contributed by atoms with van der Waals surface area (Å²) in [7, 11) is 0. The summed E-state index contributed by atoms with van der Waals surface area (Å²) >= 11 is 0.